The normalized spacial score (nSPS) is 12.5. The van der Waals surface area contributed by atoms with Gasteiger partial charge in [-0.25, -0.2) is 0 Å². The minimum Gasteiger partial charge on any atom is -0.760 e. The molecule has 1 unspecified atom stereocenters. The molecule has 0 heterocycles. The smallest absolute Gasteiger partial charge is 0.146 e. The van der Waals surface area contributed by atoms with Crippen LogP contribution in [0.2, 0.25) is 16.6 Å². The van der Waals surface area contributed by atoms with Crippen molar-refractivity contribution in [2.75, 3.05) is 0 Å². The quantitative estimate of drug-likeness (QED) is 0.338. The van der Waals surface area contributed by atoms with Gasteiger partial charge in [-0.3, -0.25) is 9.35 Å². The van der Waals surface area contributed by atoms with E-state index in [1.54, 1.807) is 0 Å². The number of hydrogen-bond acceptors (Lipinski definition) is 2. The lowest BCUT2D eigenvalue weighted by Crippen LogP contribution is -2.43. The van der Waals surface area contributed by atoms with Gasteiger partial charge in [-0.1, -0.05) is 86.3 Å². The summed E-state index contributed by atoms with van der Waals surface area (Å²) in [5, 5.41) is 4.03. The van der Waals surface area contributed by atoms with E-state index in [4.69, 9.17) is 8.76 Å². The molecule has 0 aliphatic rings. The molecule has 0 saturated carbocycles. The van der Waals surface area contributed by atoms with E-state index in [-0.39, 0.29) is 0 Å². The van der Waals surface area contributed by atoms with Gasteiger partial charge >= 0.3 is 0 Å². The molecule has 5 heteroatoms. The van der Waals surface area contributed by atoms with Gasteiger partial charge in [0.05, 0.1) is 0 Å². The Kier molecular flexibility index (Phi) is 12.9. The summed E-state index contributed by atoms with van der Waals surface area (Å²) >= 11 is -2.36. The van der Waals surface area contributed by atoms with Crippen molar-refractivity contribution in [3.8, 4) is 11.5 Å². The van der Waals surface area contributed by atoms with Gasteiger partial charge in [0.15, 0.2) is 0 Å². The Hall–Kier alpha value is -0.933. The molecule has 28 heavy (non-hydrogen) atoms. The highest BCUT2D eigenvalue weighted by molar-refractivity contribution is 7.76. The molecular weight excluding hydrogens is 382 g/mol. The van der Waals surface area contributed by atoms with Gasteiger partial charge in [0.1, 0.15) is 8.07 Å². The van der Waals surface area contributed by atoms with Gasteiger partial charge < -0.3 is 4.55 Å². The molecule has 0 aromatic heterocycles. The maximum atomic E-state index is 8.78. The van der Waals surface area contributed by atoms with Crippen LogP contribution in [0.4, 0.5) is 0 Å². The molecule has 1 rings (SSSR count). The molecule has 0 aliphatic carbocycles. The fourth-order valence-corrected chi connectivity index (χ4v) is 9.63. The standard InChI is InChI=1S/C23H38Si.H3NO2S/c1-9-12-21-14-11-15-22(23(21)13-10-2)16-17-24(18(3)4,19(5)6)20(7)8;1-4(2)3/h11,14-15,18-20H,9-10,12-13H2,1-8H3;1H2,(H,2,3)/p-1. The minimum absolute atomic E-state index is 0.693. The van der Waals surface area contributed by atoms with Crippen molar-refractivity contribution in [2.24, 2.45) is 5.14 Å². The lowest BCUT2D eigenvalue weighted by Gasteiger charge is -2.38. The third kappa shape index (κ3) is 7.83. The Labute approximate surface area is 177 Å². The van der Waals surface area contributed by atoms with E-state index >= 15 is 0 Å². The summed E-state index contributed by atoms with van der Waals surface area (Å²) in [4.78, 5) is 0. The molecule has 0 radical (unpaired) electrons. The molecule has 0 fully saturated rings. The zero-order valence-corrected chi connectivity index (χ0v) is 20.9. The summed E-state index contributed by atoms with van der Waals surface area (Å²) < 4.78 is 17.6. The summed E-state index contributed by atoms with van der Waals surface area (Å²) in [5.74, 6) is 3.69. The van der Waals surface area contributed by atoms with Crippen LogP contribution in [-0.2, 0) is 24.1 Å². The molecule has 0 aliphatic heterocycles. The highest BCUT2D eigenvalue weighted by Gasteiger charge is 2.41. The molecule has 0 spiro atoms. The van der Waals surface area contributed by atoms with Gasteiger partial charge in [0, 0.05) is 16.8 Å². The molecule has 160 valence electrons. The summed E-state index contributed by atoms with van der Waals surface area (Å²) in [6.07, 6.45) is 4.72. The Balaban J connectivity index is 0.00000165. The van der Waals surface area contributed by atoms with Crippen LogP contribution in [0.1, 0.15) is 84.9 Å². The van der Waals surface area contributed by atoms with Gasteiger partial charge in [0.2, 0.25) is 0 Å². The molecule has 1 aromatic rings. The predicted molar refractivity (Wildman–Crippen MR) is 125 cm³/mol. The van der Waals surface area contributed by atoms with E-state index in [0.29, 0.717) is 16.6 Å². The second-order valence-electron chi connectivity index (χ2n) is 8.35. The van der Waals surface area contributed by atoms with Gasteiger partial charge in [0.25, 0.3) is 0 Å². The highest BCUT2D eigenvalue weighted by Crippen LogP contribution is 2.40. The highest BCUT2D eigenvalue weighted by atomic mass is 32.2. The van der Waals surface area contributed by atoms with Crippen LogP contribution < -0.4 is 5.14 Å². The molecule has 0 bridgehead atoms. The van der Waals surface area contributed by atoms with Crippen molar-refractivity contribution in [2.45, 2.75) is 97.7 Å². The van der Waals surface area contributed by atoms with E-state index in [1.807, 2.05) is 0 Å². The van der Waals surface area contributed by atoms with Crippen molar-refractivity contribution < 1.29 is 8.76 Å². The molecule has 0 amide bonds. The number of aryl methyl sites for hydroxylation is 1. The van der Waals surface area contributed by atoms with Crippen molar-refractivity contribution in [1.82, 2.24) is 0 Å². The minimum atomic E-state index is -2.36. The maximum absolute atomic E-state index is 8.78. The molecule has 1 aromatic carbocycles. The SMILES string of the molecule is CCCc1cccc(C#C[Si](C(C)C)(C(C)C)C(C)C)c1CCC.NS(=O)[O-]. The first-order valence-electron chi connectivity index (χ1n) is 10.5. The zero-order chi connectivity index (χ0) is 21.9. The molecule has 1 atom stereocenters. The molecule has 3 nitrogen and oxygen atoms in total. The van der Waals surface area contributed by atoms with Crippen molar-refractivity contribution in [3.05, 3.63) is 34.9 Å². The van der Waals surface area contributed by atoms with Crippen LogP contribution in [-0.4, -0.2) is 16.8 Å². The average molecular weight is 423 g/mol. The van der Waals surface area contributed by atoms with Crippen molar-refractivity contribution in [1.29, 1.82) is 0 Å². The molecule has 0 saturated heterocycles. The average Bonchev–Trinajstić information content (AvgIpc) is 2.56. The van der Waals surface area contributed by atoms with Crippen LogP contribution in [0.25, 0.3) is 0 Å². The molecular formula is C23H40NO2SSi-. The Morgan fingerprint density at radius 1 is 1.00 bits per heavy atom. The fourth-order valence-electron chi connectivity index (χ4n) is 4.41. The van der Waals surface area contributed by atoms with Gasteiger partial charge in [-0.15, -0.1) is 5.54 Å². The fraction of sp³-hybridized carbons (Fsp3) is 0.652. The number of benzene rings is 1. The summed E-state index contributed by atoms with van der Waals surface area (Å²) in [6, 6.07) is 6.76. The topological polar surface area (TPSA) is 66.2 Å². The third-order valence-corrected chi connectivity index (χ3v) is 11.9. The van der Waals surface area contributed by atoms with Gasteiger partial charge in [-0.05, 0) is 46.7 Å². The number of nitrogens with two attached hydrogens (primary N) is 1. The van der Waals surface area contributed by atoms with Crippen LogP contribution in [0.3, 0.4) is 0 Å². The first-order chi connectivity index (χ1) is 13.0. The van der Waals surface area contributed by atoms with Crippen LogP contribution >= 0.6 is 0 Å². The van der Waals surface area contributed by atoms with Gasteiger partial charge in [-0.2, -0.15) is 0 Å². The largest absolute Gasteiger partial charge is 0.760 e. The molecule has 2 N–H and O–H groups in total. The van der Waals surface area contributed by atoms with Crippen molar-refractivity contribution >= 4 is 19.3 Å². The van der Waals surface area contributed by atoms with Crippen LogP contribution in [0, 0.1) is 11.5 Å². The van der Waals surface area contributed by atoms with E-state index in [9.17, 15) is 0 Å². The first kappa shape index (κ1) is 27.1. The second kappa shape index (κ2) is 13.3. The summed E-state index contributed by atoms with van der Waals surface area (Å²) in [7, 11) is -1.65. The number of hydrogen-bond donors (Lipinski definition) is 1. The van der Waals surface area contributed by atoms with Crippen LogP contribution in [0.5, 0.6) is 0 Å². The van der Waals surface area contributed by atoms with E-state index in [2.05, 4.69) is 90.2 Å². The maximum Gasteiger partial charge on any atom is 0.146 e. The van der Waals surface area contributed by atoms with Crippen LogP contribution in [0.15, 0.2) is 18.2 Å². The summed E-state index contributed by atoms with van der Waals surface area (Å²) in [6.45, 7) is 18.9. The van der Waals surface area contributed by atoms with E-state index < -0.39 is 19.3 Å². The predicted octanol–water partition coefficient (Wildman–Crippen LogP) is 5.90. The first-order valence-corrected chi connectivity index (χ1v) is 13.9. The lowest BCUT2D eigenvalue weighted by molar-refractivity contribution is 0.539. The Morgan fingerprint density at radius 2 is 1.46 bits per heavy atom. The second-order valence-corrected chi connectivity index (χ2v) is 14.5. The third-order valence-electron chi connectivity index (χ3n) is 5.57. The zero-order valence-electron chi connectivity index (χ0n) is 19.1. The van der Waals surface area contributed by atoms with E-state index in [1.165, 1.54) is 36.0 Å². The number of rotatable bonds is 7. The monoisotopic (exact) mass is 422 g/mol. The summed E-state index contributed by atoms with van der Waals surface area (Å²) in [5.41, 5.74) is 10.3. The Morgan fingerprint density at radius 3 is 1.86 bits per heavy atom. The lowest BCUT2D eigenvalue weighted by atomic mass is 9.95. The Bertz CT molecular complexity index is 649. The van der Waals surface area contributed by atoms with E-state index in [0.717, 1.165) is 6.42 Å². The van der Waals surface area contributed by atoms with Crippen molar-refractivity contribution in [3.63, 3.8) is 0 Å².